The molecule has 0 bridgehead atoms. The molecule has 11 heteroatoms. The highest BCUT2D eigenvalue weighted by Gasteiger charge is 2.62. The molecule has 1 saturated carbocycles. The molecule has 1 aromatic rings. The lowest BCUT2D eigenvalue weighted by molar-refractivity contribution is -0.143. The molecule has 0 aromatic heterocycles. The van der Waals surface area contributed by atoms with Crippen LogP contribution in [0.1, 0.15) is 55.6 Å². The molecule has 4 aliphatic rings. The van der Waals surface area contributed by atoms with E-state index in [1.165, 1.54) is 0 Å². The van der Waals surface area contributed by atoms with Crippen LogP contribution in [0.5, 0.6) is 5.75 Å². The van der Waals surface area contributed by atoms with Crippen molar-refractivity contribution in [1.29, 1.82) is 0 Å². The van der Waals surface area contributed by atoms with Crippen molar-refractivity contribution in [2.75, 3.05) is 13.1 Å². The predicted octanol–water partition coefficient (Wildman–Crippen LogP) is 2.49. The van der Waals surface area contributed by atoms with Crippen molar-refractivity contribution in [1.82, 2.24) is 9.80 Å². The number of para-hydroxylation sites is 1. The molecular weight excluding hydrogens is 544 g/mol. The maximum absolute atomic E-state index is 13.8. The number of hydrogen-bond acceptors (Lipinski definition) is 7. The summed E-state index contributed by atoms with van der Waals surface area (Å²) in [6, 6.07) is 5.22. The van der Waals surface area contributed by atoms with Crippen LogP contribution in [0.25, 0.3) is 0 Å². The predicted molar refractivity (Wildman–Crippen MR) is 147 cm³/mol. The molecule has 2 saturated heterocycles. The lowest BCUT2D eigenvalue weighted by Crippen LogP contribution is -2.43. The van der Waals surface area contributed by atoms with E-state index >= 15 is 0 Å². The minimum Gasteiger partial charge on any atom is -0.507 e. The van der Waals surface area contributed by atoms with Gasteiger partial charge in [-0.25, -0.2) is 0 Å². The van der Waals surface area contributed by atoms with Crippen LogP contribution in [0.2, 0.25) is 0 Å². The molecule has 6 atom stereocenters. The molecule has 2 aliphatic heterocycles. The Morgan fingerprint density at radius 2 is 1.45 bits per heavy atom. The third kappa shape index (κ3) is 4.90. The van der Waals surface area contributed by atoms with Crippen molar-refractivity contribution in [3.8, 4) is 5.75 Å². The van der Waals surface area contributed by atoms with Crippen molar-refractivity contribution in [3.63, 3.8) is 0 Å². The van der Waals surface area contributed by atoms with E-state index in [2.05, 4.69) is 6.58 Å². The maximum Gasteiger partial charge on any atom is 0.303 e. The number of amides is 4. The topological polar surface area (TPSA) is 170 Å². The summed E-state index contributed by atoms with van der Waals surface area (Å²) in [6.45, 7) is 3.69. The van der Waals surface area contributed by atoms with Crippen LogP contribution in [0.4, 0.5) is 0 Å². The lowest BCUT2D eigenvalue weighted by atomic mass is 9.57. The molecule has 42 heavy (non-hydrogen) atoms. The zero-order valence-corrected chi connectivity index (χ0v) is 23.1. The maximum atomic E-state index is 13.8. The first-order chi connectivity index (χ1) is 20.1. The zero-order chi connectivity index (χ0) is 30.3. The first kappa shape index (κ1) is 29.2. The minimum absolute atomic E-state index is 0.00629. The van der Waals surface area contributed by atoms with E-state index < -0.39 is 65.2 Å². The molecule has 2 heterocycles. The molecule has 5 rings (SSSR count). The summed E-state index contributed by atoms with van der Waals surface area (Å²) in [7, 11) is 0. The van der Waals surface area contributed by atoms with E-state index in [4.69, 9.17) is 10.2 Å². The molecule has 3 N–H and O–H groups in total. The summed E-state index contributed by atoms with van der Waals surface area (Å²) in [6.07, 6.45) is 4.17. The summed E-state index contributed by atoms with van der Waals surface area (Å²) < 4.78 is 0. The van der Waals surface area contributed by atoms with Gasteiger partial charge in [0.1, 0.15) is 5.75 Å². The number of aromatic hydroxyl groups is 1. The van der Waals surface area contributed by atoms with Crippen molar-refractivity contribution < 1.29 is 44.1 Å². The molecule has 11 nitrogen and oxygen atoms in total. The fourth-order valence-corrected chi connectivity index (χ4v) is 7.47. The number of rotatable bonds is 11. The summed E-state index contributed by atoms with van der Waals surface area (Å²) in [4.78, 5) is 78.8. The smallest absolute Gasteiger partial charge is 0.303 e. The molecule has 1 aromatic carbocycles. The zero-order valence-electron chi connectivity index (χ0n) is 23.1. The second-order valence-electron chi connectivity index (χ2n) is 11.5. The molecule has 6 unspecified atom stereocenters. The fourth-order valence-electron chi connectivity index (χ4n) is 7.47. The van der Waals surface area contributed by atoms with Gasteiger partial charge in [0.05, 0.1) is 23.7 Å². The number of carboxylic acid groups (broad SMARTS) is 2. The summed E-state index contributed by atoms with van der Waals surface area (Å²) >= 11 is 0. The van der Waals surface area contributed by atoms with Gasteiger partial charge in [0.25, 0.3) is 0 Å². The van der Waals surface area contributed by atoms with Gasteiger partial charge >= 0.3 is 11.9 Å². The van der Waals surface area contributed by atoms with E-state index in [0.29, 0.717) is 17.5 Å². The van der Waals surface area contributed by atoms with Gasteiger partial charge in [0, 0.05) is 37.4 Å². The van der Waals surface area contributed by atoms with Gasteiger partial charge in [-0.1, -0.05) is 35.9 Å². The quantitative estimate of drug-likeness (QED) is 0.264. The largest absolute Gasteiger partial charge is 0.507 e. The number of imide groups is 2. The van der Waals surface area contributed by atoms with Crippen LogP contribution in [-0.2, 0) is 35.2 Å². The molecule has 4 amide bonds. The molecule has 222 valence electrons. The second kappa shape index (κ2) is 11.5. The van der Waals surface area contributed by atoms with Gasteiger partial charge in [0.15, 0.2) is 0 Å². The molecule has 0 radical (unpaired) electrons. The number of carbonyl (C=O) groups excluding carboxylic acids is 4. The SMILES string of the molecule is C=CCc1cccc(C2C3=CCC4C(=O)N(CCCC(=O)O)C(=O)C4C3CC3C(=O)N(CCCC(=O)O)C(=O)C32)c1O. The Hall–Kier alpha value is -4.28. The molecule has 0 spiro atoms. The van der Waals surface area contributed by atoms with E-state index in [1.54, 1.807) is 24.3 Å². The van der Waals surface area contributed by atoms with Gasteiger partial charge < -0.3 is 15.3 Å². The third-order valence-corrected chi connectivity index (χ3v) is 9.23. The Labute approximate surface area is 242 Å². The van der Waals surface area contributed by atoms with Gasteiger partial charge in [-0.2, -0.15) is 0 Å². The molecular formula is C31H34N2O9. The van der Waals surface area contributed by atoms with E-state index in [0.717, 1.165) is 15.4 Å². The number of hydrogen-bond donors (Lipinski definition) is 3. The highest BCUT2D eigenvalue weighted by Crippen LogP contribution is 2.59. The number of allylic oxidation sites excluding steroid dienone is 3. The summed E-state index contributed by atoms with van der Waals surface area (Å²) in [5.74, 6) is -7.99. The highest BCUT2D eigenvalue weighted by molar-refractivity contribution is 6.08. The van der Waals surface area contributed by atoms with Gasteiger partial charge in [0.2, 0.25) is 23.6 Å². The van der Waals surface area contributed by atoms with Crippen molar-refractivity contribution in [3.05, 3.63) is 53.6 Å². The molecule has 3 fully saturated rings. The van der Waals surface area contributed by atoms with E-state index in [-0.39, 0.29) is 63.3 Å². The normalized spacial score (nSPS) is 28.3. The number of fused-ring (bicyclic) bond motifs is 4. The lowest BCUT2D eigenvalue weighted by Gasteiger charge is -2.44. The average Bonchev–Trinajstić information content (AvgIpc) is 3.33. The Morgan fingerprint density at radius 3 is 2.05 bits per heavy atom. The van der Waals surface area contributed by atoms with Crippen molar-refractivity contribution in [2.45, 2.75) is 50.9 Å². The Kier molecular flexibility index (Phi) is 8.03. The van der Waals surface area contributed by atoms with Crippen LogP contribution < -0.4 is 0 Å². The number of likely N-dealkylation sites (tertiary alicyclic amines) is 2. The van der Waals surface area contributed by atoms with Gasteiger partial charge in [-0.15, -0.1) is 6.58 Å². The number of aliphatic carboxylic acids is 2. The van der Waals surface area contributed by atoms with E-state index in [9.17, 15) is 33.9 Å². The standard InChI is InChI=1S/C31H34N2O9/c1-2-6-16-7-3-8-18(27(16)38)24-17-11-12-19-25(30(41)32(28(19)39)13-4-9-22(34)35)20(17)15-21-26(24)31(42)33(29(21)40)14-5-10-23(36)37/h2-3,7-8,11,19-21,24-26,38H,1,4-6,9-10,12-15H2,(H,34,35)(H,36,37). The average molecular weight is 579 g/mol. The van der Waals surface area contributed by atoms with Crippen LogP contribution in [-0.4, -0.2) is 73.8 Å². The van der Waals surface area contributed by atoms with Crippen LogP contribution in [0.3, 0.4) is 0 Å². The number of phenols is 1. The van der Waals surface area contributed by atoms with Gasteiger partial charge in [-0.05, 0) is 43.6 Å². The number of phenolic OH excluding ortho intramolecular Hbond substituents is 1. The second-order valence-corrected chi connectivity index (χ2v) is 11.5. The van der Waals surface area contributed by atoms with Crippen LogP contribution in [0.15, 0.2) is 42.5 Å². The van der Waals surface area contributed by atoms with E-state index in [1.807, 2.05) is 6.08 Å². The molecule has 2 aliphatic carbocycles. The minimum atomic E-state index is -1.03. The van der Waals surface area contributed by atoms with Crippen LogP contribution >= 0.6 is 0 Å². The summed E-state index contributed by atoms with van der Waals surface area (Å²) in [5.41, 5.74) is 1.80. The van der Waals surface area contributed by atoms with Crippen molar-refractivity contribution in [2.24, 2.45) is 29.6 Å². The van der Waals surface area contributed by atoms with Gasteiger partial charge in [-0.3, -0.25) is 38.6 Å². The Balaban J connectivity index is 1.54. The monoisotopic (exact) mass is 578 g/mol. The van der Waals surface area contributed by atoms with Crippen LogP contribution in [0, 0.1) is 29.6 Å². The Morgan fingerprint density at radius 1 is 0.857 bits per heavy atom. The number of carbonyl (C=O) groups is 6. The third-order valence-electron chi connectivity index (χ3n) is 9.23. The highest BCUT2D eigenvalue weighted by atomic mass is 16.4. The van der Waals surface area contributed by atoms with Crippen molar-refractivity contribution >= 4 is 35.6 Å². The first-order valence-corrected chi connectivity index (χ1v) is 14.3. The summed E-state index contributed by atoms with van der Waals surface area (Å²) in [5, 5.41) is 29.4. The first-order valence-electron chi connectivity index (χ1n) is 14.3. The number of carboxylic acids is 2. The fraction of sp³-hybridized carbons (Fsp3) is 0.484. The number of nitrogens with zero attached hydrogens (tertiary/aromatic N) is 2. The Bertz CT molecular complexity index is 1400. The number of benzene rings is 1.